The monoisotopic (exact) mass is 282 g/mol. The molecule has 0 radical (unpaired) electrons. The maximum absolute atomic E-state index is 6.13. The minimum Gasteiger partial charge on any atom is -0.399 e. The molecular formula is C16H19BN2O2. The van der Waals surface area contributed by atoms with Crippen molar-refractivity contribution in [3.05, 3.63) is 42.7 Å². The lowest BCUT2D eigenvalue weighted by atomic mass is 9.75. The molecule has 1 aromatic heterocycles. The highest BCUT2D eigenvalue weighted by Crippen LogP contribution is 2.37. The van der Waals surface area contributed by atoms with Crippen molar-refractivity contribution in [3.8, 4) is 11.4 Å². The topological polar surface area (TPSA) is 44.2 Å². The Morgan fingerprint density at radius 1 is 0.857 bits per heavy atom. The van der Waals surface area contributed by atoms with Crippen molar-refractivity contribution >= 4 is 12.6 Å². The molecule has 0 amide bonds. The molecule has 21 heavy (non-hydrogen) atoms. The minimum atomic E-state index is -0.407. The van der Waals surface area contributed by atoms with Crippen LogP contribution in [0.15, 0.2) is 42.7 Å². The zero-order valence-corrected chi connectivity index (χ0v) is 12.8. The number of benzene rings is 1. The van der Waals surface area contributed by atoms with E-state index in [4.69, 9.17) is 9.31 Å². The van der Waals surface area contributed by atoms with Gasteiger partial charge in [-0.2, -0.15) is 0 Å². The standard InChI is InChI=1S/C16H19BN2O2/c1-15(2)16(3,4)21-17(20-15)13-9-6-5-8-12(13)14-18-10-7-11-19-14/h5-11H,1-4H3. The van der Waals surface area contributed by atoms with Crippen LogP contribution in [-0.4, -0.2) is 28.3 Å². The van der Waals surface area contributed by atoms with Crippen LogP contribution in [0, 0.1) is 0 Å². The van der Waals surface area contributed by atoms with Gasteiger partial charge in [0.15, 0.2) is 5.82 Å². The number of nitrogens with zero attached hydrogens (tertiary/aromatic N) is 2. The van der Waals surface area contributed by atoms with E-state index in [2.05, 4.69) is 37.7 Å². The molecule has 1 aliphatic heterocycles. The van der Waals surface area contributed by atoms with Crippen LogP contribution in [0.5, 0.6) is 0 Å². The van der Waals surface area contributed by atoms with Crippen molar-refractivity contribution in [2.45, 2.75) is 38.9 Å². The minimum absolute atomic E-state index is 0.359. The number of hydrogen-bond acceptors (Lipinski definition) is 4. The highest BCUT2D eigenvalue weighted by molar-refractivity contribution is 6.63. The third kappa shape index (κ3) is 2.47. The lowest BCUT2D eigenvalue weighted by Crippen LogP contribution is -2.41. The molecule has 1 saturated heterocycles. The summed E-state index contributed by atoms with van der Waals surface area (Å²) in [5, 5.41) is 0. The van der Waals surface area contributed by atoms with E-state index < -0.39 is 7.12 Å². The van der Waals surface area contributed by atoms with Crippen molar-refractivity contribution in [2.24, 2.45) is 0 Å². The average Bonchev–Trinajstić information content (AvgIpc) is 2.68. The Hall–Kier alpha value is -1.72. The van der Waals surface area contributed by atoms with E-state index in [0.29, 0.717) is 5.82 Å². The zero-order chi connectivity index (χ0) is 15.1. The summed E-state index contributed by atoms with van der Waals surface area (Å²) in [6.45, 7) is 8.20. The smallest absolute Gasteiger partial charge is 0.399 e. The second-order valence-electron chi connectivity index (χ2n) is 6.25. The summed E-state index contributed by atoms with van der Waals surface area (Å²) in [6, 6.07) is 9.76. The van der Waals surface area contributed by atoms with Crippen molar-refractivity contribution in [1.82, 2.24) is 9.97 Å². The fourth-order valence-corrected chi connectivity index (χ4v) is 2.31. The molecular weight excluding hydrogens is 263 g/mol. The van der Waals surface area contributed by atoms with E-state index in [9.17, 15) is 0 Å². The van der Waals surface area contributed by atoms with E-state index in [1.54, 1.807) is 18.5 Å². The zero-order valence-electron chi connectivity index (χ0n) is 12.8. The van der Waals surface area contributed by atoms with Gasteiger partial charge in [-0.05, 0) is 39.2 Å². The summed E-state index contributed by atoms with van der Waals surface area (Å²) >= 11 is 0. The summed E-state index contributed by atoms with van der Waals surface area (Å²) in [5.41, 5.74) is 1.18. The van der Waals surface area contributed by atoms with Gasteiger partial charge >= 0.3 is 7.12 Å². The summed E-state index contributed by atoms with van der Waals surface area (Å²) in [6.07, 6.45) is 3.48. The van der Waals surface area contributed by atoms with E-state index in [1.807, 2.05) is 24.3 Å². The Balaban J connectivity index is 2.02. The van der Waals surface area contributed by atoms with Crippen molar-refractivity contribution in [2.75, 3.05) is 0 Å². The van der Waals surface area contributed by atoms with Crippen LogP contribution < -0.4 is 5.46 Å². The highest BCUT2D eigenvalue weighted by Gasteiger charge is 2.52. The number of aromatic nitrogens is 2. The van der Waals surface area contributed by atoms with Gasteiger partial charge < -0.3 is 9.31 Å². The molecule has 2 aromatic rings. The first-order valence-corrected chi connectivity index (χ1v) is 7.13. The van der Waals surface area contributed by atoms with Crippen LogP contribution >= 0.6 is 0 Å². The van der Waals surface area contributed by atoms with Crippen LogP contribution in [0.2, 0.25) is 0 Å². The molecule has 108 valence electrons. The quantitative estimate of drug-likeness (QED) is 0.794. The molecule has 0 unspecified atom stereocenters. The van der Waals surface area contributed by atoms with Gasteiger partial charge in [0.05, 0.1) is 11.2 Å². The lowest BCUT2D eigenvalue weighted by Gasteiger charge is -2.32. The summed E-state index contributed by atoms with van der Waals surface area (Å²) in [5.74, 6) is 0.683. The molecule has 0 aliphatic carbocycles. The first kappa shape index (κ1) is 14.2. The molecule has 1 aromatic carbocycles. The van der Waals surface area contributed by atoms with Crippen LogP contribution in [0.1, 0.15) is 27.7 Å². The lowest BCUT2D eigenvalue weighted by molar-refractivity contribution is 0.00578. The predicted octanol–water partition coefficient (Wildman–Crippen LogP) is 2.44. The predicted molar refractivity (Wildman–Crippen MR) is 83.2 cm³/mol. The van der Waals surface area contributed by atoms with E-state index in [-0.39, 0.29) is 11.2 Å². The van der Waals surface area contributed by atoms with Gasteiger partial charge in [-0.25, -0.2) is 9.97 Å². The molecule has 1 fully saturated rings. The van der Waals surface area contributed by atoms with Crippen molar-refractivity contribution in [3.63, 3.8) is 0 Å². The molecule has 0 spiro atoms. The summed E-state index contributed by atoms with van der Waals surface area (Å²) < 4.78 is 12.3. The Labute approximate surface area is 125 Å². The fraction of sp³-hybridized carbons (Fsp3) is 0.375. The maximum atomic E-state index is 6.13. The molecule has 0 saturated carbocycles. The van der Waals surface area contributed by atoms with Crippen molar-refractivity contribution < 1.29 is 9.31 Å². The van der Waals surface area contributed by atoms with Gasteiger partial charge in [0.2, 0.25) is 0 Å². The highest BCUT2D eigenvalue weighted by atomic mass is 16.7. The largest absolute Gasteiger partial charge is 0.495 e. The Morgan fingerprint density at radius 3 is 2.05 bits per heavy atom. The molecule has 0 atom stereocenters. The van der Waals surface area contributed by atoms with Crippen LogP contribution in [0.4, 0.5) is 0 Å². The normalized spacial score (nSPS) is 19.7. The van der Waals surface area contributed by atoms with E-state index in [1.165, 1.54) is 0 Å². The first-order valence-electron chi connectivity index (χ1n) is 7.13. The third-order valence-corrected chi connectivity index (χ3v) is 4.27. The Bertz CT molecular complexity index is 628. The van der Waals surface area contributed by atoms with Gasteiger partial charge in [-0.15, -0.1) is 0 Å². The molecule has 0 bridgehead atoms. The Morgan fingerprint density at radius 2 is 1.43 bits per heavy atom. The van der Waals surface area contributed by atoms with Crippen molar-refractivity contribution in [1.29, 1.82) is 0 Å². The first-order chi connectivity index (χ1) is 9.91. The van der Waals surface area contributed by atoms with Gasteiger partial charge in [0.25, 0.3) is 0 Å². The summed E-state index contributed by atoms with van der Waals surface area (Å²) in [4.78, 5) is 8.66. The van der Waals surface area contributed by atoms with Gasteiger partial charge in [0, 0.05) is 18.0 Å². The molecule has 0 N–H and O–H groups in total. The van der Waals surface area contributed by atoms with Gasteiger partial charge in [0.1, 0.15) is 0 Å². The van der Waals surface area contributed by atoms with E-state index in [0.717, 1.165) is 11.0 Å². The SMILES string of the molecule is CC1(C)OB(c2ccccc2-c2ncccn2)OC1(C)C. The van der Waals surface area contributed by atoms with Crippen LogP contribution in [-0.2, 0) is 9.31 Å². The molecule has 4 nitrogen and oxygen atoms in total. The molecule has 1 aliphatic rings. The third-order valence-electron chi connectivity index (χ3n) is 4.27. The van der Waals surface area contributed by atoms with Gasteiger partial charge in [-0.1, -0.05) is 24.3 Å². The second-order valence-corrected chi connectivity index (χ2v) is 6.25. The molecule has 5 heteroatoms. The maximum Gasteiger partial charge on any atom is 0.495 e. The number of rotatable bonds is 2. The molecule has 2 heterocycles. The fourth-order valence-electron chi connectivity index (χ4n) is 2.31. The molecule has 3 rings (SSSR count). The van der Waals surface area contributed by atoms with E-state index >= 15 is 0 Å². The average molecular weight is 282 g/mol. The second kappa shape index (κ2) is 4.93. The summed E-state index contributed by atoms with van der Waals surface area (Å²) in [7, 11) is -0.407. The van der Waals surface area contributed by atoms with Gasteiger partial charge in [-0.3, -0.25) is 0 Å². The van der Waals surface area contributed by atoms with Crippen LogP contribution in [0.25, 0.3) is 11.4 Å². The Kier molecular flexibility index (Phi) is 3.34. The van der Waals surface area contributed by atoms with Crippen LogP contribution in [0.3, 0.4) is 0 Å². The number of hydrogen-bond donors (Lipinski definition) is 0.